The summed E-state index contributed by atoms with van der Waals surface area (Å²) in [4.78, 5) is 0. The quantitative estimate of drug-likeness (QED) is 0.253. The van der Waals surface area contributed by atoms with E-state index in [-0.39, 0.29) is 5.41 Å². The van der Waals surface area contributed by atoms with Crippen LogP contribution in [0.2, 0.25) is 0 Å². The molecule has 0 saturated heterocycles. The summed E-state index contributed by atoms with van der Waals surface area (Å²) < 4.78 is 0. The average molecular weight is 456 g/mol. The Morgan fingerprint density at radius 3 is 1.79 bits per heavy atom. The van der Waals surface area contributed by atoms with Gasteiger partial charge in [0.05, 0.1) is 11.5 Å². The fourth-order valence-corrected chi connectivity index (χ4v) is 8.16. The van der Waals surface area contributed by atoms with Crippen LogP contribution in [0.3, 0.4) is 0 Å². The number of unbranched alkanes of at least 4 members (excludes halogenated alkanes) is 7. The van der Waals surface area contributed by atoms with Gasteiger partial charge < -0.3 is 0 Å². The van der Waals surface area contributed by atoms with Crippen LogP contribution in [-0.2, 0) is 0 Å². The lowest BCUT2D eigenvalue weighted by Gasteiger charge is -2.43. The second-order valence-corrected chi connectivity index (χ2v) is 12.7. The van der Waals surface area contributed by atoms with Gasteiger partial charge in [-0.15, -0.1) is 0 Å². The lowest BCUT2D eigenvalue weighted by molar-refractivity contribution is 0.0813. The van der Waals surface area contributed by atoms with Crippen molar-refractivity contribution in [2.45, 2.75) is 162 Å². The number of nitrogens with zero attached hydrogens (tertiary/aromatic N) is 1. The summed E-state index contributed by atoms with van der Waals surface area (Å²) in [5.41, 5.74) is 0.0293. The normalized spacial score (nSPS) is 35.2. The first-order valence-electron chi connectivity index (χ1n) is 15.6. The van der Waals surface area contributed by atoms with Gasteiger partial charge in [-0.3, -0.25) is 0 Å². The lowest BCUT2D eigenvalue weighted by atomic mass is 9.61. The zero-order chi connectivity index (χ0) is 23.4. The van der Waals surface area contributed by atoms with Gasteiger partial charge in [-0.1, -0.05) is 104 Å². The van der Waals surface area contributed by atoms with Crippen LogP contribution in [0.5, 0.6) is 0 Å². The molecule has 2 atom stereocenters. The highest BCUT2D eigenvalue weighted by Gasteiger charge is 2.40. The fourth-order valence-electron chi connectivity index (χ4n) is 8.16. The van der Waals surface area contributed by atoms with E-state index in [4.69, 9.17) is 0 Å². The Morgan fingerprint density at radius 2 is 1.18 bits per heavy atom. The van der Waals surface area contributed by atoms with Crippen LogP contribution in [0.1, 0.15) is 162 Å². The minimum atomic E-state index is 0.0293. The van der Waals surface area contributed by atoms with Gasteiger partial charge in [0.15, 0.2) is 0 Å². The number of nitriles is 1. The molecule has 0 N–H and O–H groups in total. The second-order valence-electron chi connectivity index (χ2n) is 12.7. The number of rotatable bonds is 13. The zero-order valence-electron chi connectivity index (χ0n) is 22.6. The zero-order valence-corrected chi connectivity index (χ0v) is 22.6. The first-order chi connectivity index (χ1) is 16.2. The third-order valence-corrected chi connectivity index (χ3v) is 10.4. The van der Waals surface area contributed by atoms with Gasteiger partial charge in [0, 0.05) is 0 Å². The molecular formula is C32H57N. The Hall–Kier alpha value is -0.510. The van der Waals surface area contributed by atoms with Gasteiger partial charge in [0.1, 0.15) is 0 Å². The molecule has 0 aliphatic heterocycles. The molecule has 190 valence electrons. The van der Waals surface area contributed by atoms with Crippen molar-refractivity contribution in [3.05, 3.63) is 0 Å². The molecule has 0 aromatic heterocycles. The van der Waals surface area contributed by atoms with E-state index in [1.807, 2.05) is 0 Å². The summed E-state index contributed by atoms with van der Waals surface area (Å²) in [6.45, 7) is 4.61. The topological polar surface area (TPSA) is 23.8 Å². The van der Waals surface area contributed by atoms with Crippen molar-refractivity contribution < 1.29 is 0 Å². The summed E-state index contributed by atoms with van der Waals surface area (Å²) in [5, 5.41) is 10.1. The largest absolute Gasteiger partial charge is 0.198 e. The van der Waals surface area contributed by atoms with Crippen molar-refractivity contribution in [3.63, 3.8) is 0 Å². The highest BCUT2D eigenvalue weighted by Crippen LogP contribution is 2.50. The average Bonchev–Trinajstić information content (AvgIpc) is 2.87. The lowest BCUT2D eigenvalue weighted by Crippen LogP contribution is -2.34. The van der Waals surface area contributed by atoms with Crippen LogP contribution in [-0.4, -0.2) is 0 Å². The molecule has 0 aromatic carbocycles. The van der Waals surface area contributed by atoms with E-state index in [9.17, 15) is 5.26 Å². The van der Waals surface area contributed by atoms with E-state index in [1.54, 1.807) is 0 Å². The maximum atomic E-state index is 10.1. The molecule has 0 aromatic rings. The van der Waals surface area contributed by atoms with Gasteiger partial charge in [-0.25, -0.2) is 0 Å². The monoisotopic (exact) mass is 455 g/mol. The van der Waals surface area contributed by atoms with Gasteiger partial charge in [-0.2, -0.15) is 5.26 Å². The number of hydrogen-bond acceptors (Lipinski definition) is 1. The molecule has 1 heteroatoms. The van der Waals surface area contributed by atoms with Gasteiger partial charge in [0.25, 0.3) is 0 Å². The fraction of sp³-hybridized carbons (Fsp3) is 0.969. The highest BCUT2D eigenvalue weighted by molar-refractivity contribution is 5.03. The third-order valence-electron chi connectivity index (χ3n) is 10.4. The first kappa shape index (κ1) is 27.1. The second kappa shape index (κ2) is 14.8. The summed E-state index contributed by atoms with van der Waals surface area (Å²) in [6, 6.07) is 2.86. The van der Waals surface area contributed by atoms with E-state index < -0.39 is 0 Å². The van der Waals surface area contributed by atoms with Crippen LogP contribution < -0.4 is 0 Å². The maximum Gasteiger partial charge on any atom is 0.0689 e. The van der Waals surface area contributed by atoms with Crippen LogP contribution >= 0.6 is 0 Å². The van der Waals surface area contributed by atoms with Crippen molar-refractivity contribution in [3.8, 4) is 6.07 Å². The summed E-state index contributed by atoms with van der Waals surface area (Å²) in [7, 11) is 0. The van der Waals surface area contributed by atoms with E-state index in [2.05, 4.69) is 19.9 Å². The SMILES string of the molecule is CCCCCCCC1(C#N)CCCC(C2CCC(C3CCC(CCCCCC)CC3)CC2)C1. The molecule has 3 fully saturated rings. The molecule has 3 aliphatic carbocycles. The van der Waals surface area contributed by atoms with E-state index in [1.165, 1.54) is 148 Å². The van der Waals surface area contributed by atoms with E-state index >= 15 is 0 Å². The summed E-state index contributed by atoms with van der Waals surface area (Å²) >= 11 is 0. The Bertz CT molecular complexity index is 545. The van der Waals surface area contributed by atoms with Crippen LogP contribution in [0.15, 0.2) is 0 Å². The first-order valence-corrected chi connectivity index (χ1v) is 15.6. The smallest absolute Gasteiger partial charge is 0.0689 e. The third kappa shape index (κ3) is 8.58. The predicted octanol–water partition coefficient (Wildman–Crippen LogP) is 10.6. The van der Waals surface area contributed by atoms with Gasteiger partial charge in [0.2, 0.25) is 0 Å². The molecule has 0 heterocycles. The molecule has 0 amide bonds. The minimum Gasteiger partial charge on any atom is -0.198 e. The Morgan fingerprint density at radius 1 is 0.636 bits per heavy atom. The van der Waals surface area contributed by atoms with Crippen molar-refractivity contribution in [2.75, 3.05) is 0 Å². The summed E-state index contributed by atoms with van der Waals surface area (Å²) in [5.74, 6) is 4.92. The Kier molecular flexibility index (Phi) is 12.1. The molecule has 3 rings (SSSR count). The molecule has 3 aliphatic rings. The van der Waals surface area contributed by atoms with E-state index in [0.29, 0.717) is 0 Å². The molecule has 3 saturated carbocycles. The highest BCUT2D eigenvalue weighted by atomic mass is 14.5. The standard InChI is InChI=1S/C32H57N/c1-3-5-7-9-11-23-32(26-33)24-12-14-31(25-32)30-21-19-29(20-22-30)28-17-15-27(16-18-28)13-10-8-6-4-2/h27-31H,3-25H2,1-2H3. The Labute approximate surface area is 207 Å². The van der Waals surface area contributed by atoms with Crippen molar-refractivity contribution in [1.82, 2.24) is 0 Å². The number of hydrogen-bond donors (Lipinski definition) is 0. The van der Waals surface area contributed by atoms with Crippen LogP contribution in [0, 0.1) is 46.3 Å². The molecule has 1 nitrogen and oxygen atoms in total. The van der Waals surface area contributed by atoms with E-state index in [0.717, 1.165) is 29.6 Å². The van der Waals surface area contributed by atoms with Crippen molar-refractivity contribution in [1.29, 1.82) is 5.26 Å². The Balaban J connectivity index is 1.36. The van der Waals surface area contributed by atoms with Crippen LogP contribution in [0.25, 0.3) is 0 Å². The molecule has 0 radical (unpaired) electrons. The predicted molar refractivity (Wildman–Crippen MR) is 143 cm³/mol. The molecule has 33 heavy (non-hydrogen) atoms. The molecule has 0 bridgehead atoms. The molecular weight excluding hydrogens is 398 g/mol. The minimum absolute atomic E-state index is 0.0293. The van der Waals surface area contributed by atoms with Crippen molar-refractivity contribution in [2.24, 2.45) is 35.0 Å². The van der Waals surface area contributed by atoms with Crippen molar-refractivity contribution >= 4 is 0 Å². The maximum absolute atomic E-state index is 10.1. The van der Waals surface area contributed by atoms with Gasteiger partial charge >= 0.3 is 0 Å². The summed E-state index contributed by atoms with van der Waals surface area (Å²) in [6.07, 6.45) is 32.4. The van der Waals surface area contributed by atoms with Gasteiger partial charge in [-0.05, 0) is 87.4 Å². The molecule has 0 spiro atoms. The molecule has 2 unspecified atom stereocenters. The van der Waals surface area contributed by atoms with Crippen LogP contribution in [0.4, 0.5) is 0 Å².